The molecule has 2 fully saturated rings. The summed E-state index contributed by atoms with van der Waals surface area (Å²) in [6.45, 7) is 2.15. The Morgan fingerprint density at radius 1 is 1.53 bits per heavy atom. The number of unbranched alkanes of at least 4 members (excludes halogenated alkanes) is 2. The zero-order chi connectivity index (χ0) is 13.9. The number of aliphatic hydroxyl groups is 1. The highest BCUT2D eigenvalue weighted by Gasteiger charge is 2.57. The van der Waals surface area contributed by atoms with Crippen molar-refractivity contribution < 1.29 is 28.9 Å². The lowest BCUT2D eigenvalue weighted by Crippen LogP contribution is -2.46. The molecule has 0 amide bonds. The number of ether oxygens (including phenoxy) is 3. The molecule has 0 radical (unpaired) electrons. The van der Waals surface area contributed by atoms with Crippen LogP contribution < -0.4 is 0 Å². The fourth-order valence-corrected chi connectivity index (χ4v) is 2.50. The molecule has 108 valence electrons. The quantitative estimate of drug-likeness (QED) is 0.581. The SMILES string of the molecule is CCCCCC(=O)O[C@@H]1[C@H](O)CO[C@]12COC(=O)C2. The average Bonchev–Trinajstić information content (AvgIpc) is 2.88. The summed E-state index contributed by atoms with van der Waals surface area (Å²) in [6.07, 6.45) is 1.39. The van der Waals surface area contributed by atoms with Gasteiger partial charge in [-0.2, -0.15) is 0 Å². The Hall–Kier alpha value is -1.14. The molecule has 0 aliphatic carbocycles. The Morgan fingerprint density at radius 2 is 2.32 bits per heavy atom. The standard InChI is InChI=1S/C13H20O6/c1-2-3-4-5-10(15)19-12-9(14)7-18-13(12)6-11(16)17-8-13/h9,12,14H,2-8H2,1H3/t9-,12-,13-/m1/s1. The first-order chi connectivity index (χ1) is 9.07. The zero-order valence-corrected chi connectivity index (χ0v) is 11.1. The fraction of sp³-hybridized carbons (Fsp3) is 0.846. The summed E-state index contributed by atoms with van der Waals surface area (Å²) in [4.78, 5) is 23.0. The molecule has 0 aromatic rings. The maximum Gasteiger partial charge on any atom is 0.309 e. The van der Waals surface area contributed by atoms with Gasteiger partial charge in [-0.1, -0.05) is 19.8 Å². The largest absolute Gasteiger partial charge is 0.462 e. The molecule has 1 spiro atoms. The van der Waals surface area contributed by atoms with Gasteiger partial charge in [0.2, 0.25) is 0 Å². The second-order valence-electron chi connectivity index (χ2n) is 5.15. The minimum Gasteiger partial charge on any atom is -0.462 e. The van der Waals surface area contributed by atoms with Crippen LogP contribution in [0.2, 0.25) is 0 Å². The minimum absolute atomic E-state index is 0.0248. The third-order valence-electron chi connectivity index (χ3n) is 3.57. The predicted octanol–water partition coefficient (Wildman–Crippen LogP) is 0.555. The van der Waals surface area contributed by atoms with Gasteiger partial charge < -0.3 is 19.3 Å². The van der Waals surface area contributed by atoms with Crippen LogP contribution in [0.25, 0.3) is 0 Å². The van der Waals surface area contributed by atoms with Crippen LogP contribution in [-0.4, -0.2) is 48.1 Å². The predicted molar refractivity (Wildman–Crippen MR) is 64.3 cm³/mol. The van der Waals surface area contributed by atoms with Crippen molar-refractivity contribution >= 4 is 11.9 Å². The van der Waals surface area contributed by atoms with Crippen LogP contribution >= 0.6 is 0 Å². The topological polar surface area (TPSA) is 82.1 Å². The number of cyclic esters (lactones) is 1. The van der Waals surface area contributed by atoms with Crippen molar-refractivity contribution in [1.82, 2.24) is 0 Å². The van der Waals surface area contributed by atoms with Crippen molar-refractivity contribution in [1.29, 1.82) is 0 Å². The minimum atomic E-state index is -0.989. The van der Waals surface area contributed by atoms with Gasteiger partial charge in [0, 0.05) is 6.42 Å². The van der Waals surface area contributed by atoms with Crippen LogP contribution in [-0.2, 0) is 23.8 Å². The normalized spacial score (nSPS) is 33.7. The van der Waals surface area contributed by atoms with Gasteiger partial charge in [-0.25, -0.2) is 0 Å². The number of rotatable bonds is 5. The summed E-state index contributed by atoms with van der Waals surface area (Å²) in [7, 11) is 0. The van der Waals surface area contributed by atoms with Crippen molar-refractivity contribution in [2.75, 3.05) is 13.2 Å². The van der Waals surface area contributed by atoms with Crippen LogP contribution in [0.4, 0.5) is 0 Å². The third kappa shape index (κ3) is 3.06. The van der Waals surface area contributed by atoms with Crippen molar-refractivity contribution in [3.63, 3.8) is 0 Å². The number of hydrogen-bond donors (Lipinski definition) is 1. The van der Waals surface area contributed by atoms with Crippen LogP contribution in [0.3, 0.4) is 0 Å². The molecule has 0 aromatic carbocycles. The Kier molecular flexibility index (Phi) is 4.42. The van der Waals surface area contributed by atoms with Gasteiger partial charge in [-0.15, -0.1) is 0 Å². The van der Waals surface area contributed by atoms with E-state index in [4.69, 9.17) is 14.2 Å². The van der Waals surface area contributed by atoms with Crippen LogP contribution in [0.1, 0.15) is 39.0 Å². The van der Waals surface area contributed by atoms with Crippen molar-refractivity contribution in [2.24, 2.45) is 0 Å². The number of hydrogen-bond acceptors (Lipinski definition) is 6. The van der Waals surface area contributed by atoms with Gasteiger partial charge in [0.05, 0.1) is 13.0 Å². The van der Waals surface area contributed by atoms with Gasteiger partial charge in [0.15, 0.2) is 11.7 Å². The van der Waals surface area contributed by atoms with Gasteiger partial charge in [0.1, 0.15) is 12.7 Å². The molecule has 2 heterocycles. The van der Waals surface area contributed by atoms with E-state index in [2.05, 4.69) is 6.92 Å². The van der Waals surface area contributed by atoms with E-state index in [-0.39, 0.29) is 31.6 Å². The van der Waals surface area contributed by atoms with E-state index in [0.29, 0.717) is 6.42 Å². The molecule has 2 aliphatic rings. The maximum absolute atomic E-state index is 11.7. The summed E-state index contributed by atoms with van der Waals surface area (Å²) in [5.74, 6) is -0.747. The molecule has 6 nitrogen and oxygen atoms in total. The smallest absolute Gasteiger partial charge is 0.309 e. The third-order valence-corrected chi connectivity index (χ3v) is 3.57. The number of aliphatic hydroxyl groups excluding tert-OH is 1. The summed E-state index contributed by atoms with van der Waals surface area (Å²) < 4.78 is 15.6. The van der Waals surface area contributed by atoms with E-state index in [1.54, 1.807) is 0 Å². The monoisotopic (exact) mass is 272 g/mol. The fourth-order valence-electron chi connectivity index (χ4n) is 2.50. The Morgan fingerprint density at radius 3 is 2.95 bits per heavy atom. The number of carbonyl (C=O) groups excluding carboxylic acids is 2. The summed E-state index contributed by atoms with van der Waals surface area (Å²) in [5, 5.41) is 9.85. The highest BCUT2D eigenvalue weighted by molar-refractivity contribution is 5.74. The molecule has 2 rings (SSSR count). The lowest BCUT2D eigenvalue weighted by atomic mass is 9.94. The first-order valence-electron chi connectivity index (χ1n) is 6.74. The zero-order valence-electron chi connectivity index (χ0n) is 11.1. The summed E-state index contributed by atoms with van der Waals surface area (Å²) in [6, 6.07) is 0. The highest BCUT2D eigenvalue weighted by Crippen LogP contribution is 2.37. The van der Waals surface area contributed by atoms with Gasteiger partial charge in [-0.05, 0) is 6.42 Å². The van der Waals surface area contributed by atoms with E-state index < -0.39 is 17.8 Å². The van der Waals surface area contributed by atoms with Gasteiger partial charge >= 0.3 is 11.9 Å². The summed E-state index contributed by atoms with van der Waals surface area (Å²) >= 11 is 0. The first kappa shape index (κ1) is 14.3. The highest BCUT2D eigenvalue weighted by atomic mass is 16.6. The lowest BCUT2D eigenvalue weighted by molar-refractivity contribution is -0.163. The van der Waals surface area contributed by atoms with Gasteiger partial charge in [-0.3, -0.25) is 9.59 Å². The Balaban J connectivity index is 1.93. The molecule has 3 atom stereocenters. The average molecular weight is 272 g/mol. The lowest BCUT2D eigenvalue weighted by Gasteiger charge is -2.27. The van der Waals surface area contributed by atoms with E-state index in [1.165, 1.54) is 0 Å². The van der Waals surface area contributed by atoms with E-state index >= 15 is 0 Å². The van der Waals surface area contributed by atoms with Crippen LogP contribution in [0.5, 0.6) is 0 Å². The molecule has 2 saturated heterocycles. The number of carbonyl (C=O) groups is 2. The molecule has 1 N–H and O–H groups in total. The molecular weight excluding hydrogens is 252 g/mol. The molecule has 0 aromatic heterocycles. The molecule has 0 unspecified atom stereocenters. The number of esters is 2. The molecule has 0 saturated carbocycles. The Labute approximate surface area is 112 Å². The van der Waals surface area contributed by atoms with Crippen LogP contribution in [0, 0.1) is 0 Å². The van der Waals surface area contributed by atoms with Gasteiger partial charge in [0.25, 0.3) is 0 Å². The summed E-state index contributed by atoms with van der Waals surface area (Å²) in [5.41, 5.74) is -0.989. The van der Waals surface area contributed by atoms with E-state index in [0.717, 1.165) is 19.3 Å². The van der Waals surface area contributed by atoms with Crippen LogP contribution in [0.15, 0.2) is 0 Å². The van der Waals surface area contributed by atoms with Crippen molar-refractivity contribution in [3.8, 4) is 0 Å². The second-order valence-corrected chi connectivity index (χ2v) is 5.15. The first-order valence-corrected chi connectivity index (χ1v) is 6.74. The van der Waals surface area contributed by atoms with Crippen molar-refractivity contribution in [2.45, 2.75) is 56.8 Å². The second kappa shape index (κ2) is 5.88. The molecule has 19 heavy (non-hydrogen) atoms. The molecule has 2 aliphatic heterocycles. The maximum atomic E-state index is 11.7. The van der Waals surface area contributed by atoms with Crippen molar-refractivity contribution in [3.05, 3.63) is 0 Å². The van der Waals surface area contributed by atoms with E-state index in [1.807, 2.05) is 0 Å². The van der Waals surface area contributed by atoms with E-state index in [9.17, 15) is 14.7 Å². The molecule has 6 heteroatoms. The molecule has 0 bridgehead atoms. The molecular formula is C13H20O6. The Bertz CT molecular complexity index is 355.